The minimum atomic E-state index is 0.0527. The summed E-state index contributed by atoms with van der Waals surface area (Å²) in [6, 6.07) is 3.94. The molecule has 1 aromatic heterocycles. The first-order chi connectivity index (χ1) is 8.18. The van der Waals surface area contributed by atoms with Crippen LogP contribution in [0.1, 0.15) is 23.2 Å². The molecule has 2 rings (SSSR count). The van der Waals surface area contributed by atoms with Gasteiger partial charge in [-0.3, -0.25) is 4.79 Å². The molecule has 1 aliphatic heterocycles. The molecule has 2 heterocycles. The number of hydrogen-bond donors (Lipinski definition) is 1. The van der Waals surface area contributed by atoms with Gasteiger partial charge in [0.1, 0.15) is 4.60 Å². The summed E-state index contributed by atoms with van der Waals surface area (Å²) in [7, 11) is 1.88. The highest BCUT2D eigenvalue weighted by atomic mass is 79.9. The number of piperidine rings is 1. The van der Waals surface area contributed by atoms with Crippen LogP contribution in [0.5, 0.6) is 0 Å². The van der Waals surface area contributed by atoms with E-state index in [1.54, 1.807) is 18.3 Å². The SMILES string of the molecule is CN(C(=O)c1ccc(Br)nc1)C1CCNCC1. The average Bonchev–Trinajstić information content (AvgIpc) is 2.39. The van der Waals surface area contributed by atoms with Gasteiger partial charge in [0, 0.05) is 19.3 Å². The zero-order chi connectivity index (χ0) is 12.3. The van der Waals surface area contributed by atoms with Crippen molar-refractivity contribution in [1.82, 2.24) is 15.2 Å². The first-order valence-electron chi connectivity index (χ1n) is 5.78. The van der Waals surface area contributed by atoms with E-state index in [-0.39, 0.29) is 5.91 Å². The van der Waals surface area contributed by atoms with Crippen LogP contribution in [-0.4, -0.2) is 42.0 Å². The maximum atomic E-state index is 12.2. The van der Waals surface area contributed by atoms with Crippen molar-refractivity contribution in [2.45, 2.75) is 18.9 Å². The van der Waals surface area contributed by atoms with Gasteiger partial charge in [-0.15, -0.1) is 0 Å². The van der Waals surface area contributed by atoms with E-state index >= 15 is 0 Å². The summed E-state index contributed by atoms with van der Waals surface area (Å²) < 4.78 is 0.749. The second-order valence-electron chi connectivity index (χ2n) is 4.27. The molecule has 1 saturated heterocycles. The summed E-state index contributed by atoms with van der Waals surface area (Å²) in [5.74, 6) is 0.0527. The lowest BCUT2D eigenvalue weighted by Crippen LogP contribution is -2.43. The van der Waals surface area contributed by atoms with Gasteiger partial charge in [-0.05, 0) is 54.0 Å². The normalized spacial score (nSPS) is 16.8. The molecule has 0 aliphatic carbocycles. The summed E-state index contributed by atoms with van der Waals surface area (Å²) >= 11 is 3.26. The van der Waals surface area contributed by atoms with Gasteiger partial charge in [0.25, 0.3) is 5.91 Å². The van der Waals surface area contributed by atoms with Crippen LogP contribution in [-0.2, 0) is 0 Å². The lowest BCUT2D eigenvalue weighted by Gasteiger charge is -2.31. The van der Waals surface area contributed by atoms with Crippen LogP contribution in [0.3, 0.4) is 0 Å². The van der Waals surface area contributed by atoms with Gasteiger partial charge in [0.05, 0.1) is 5.56 Å². The third-order valence-electron chi connectivity index (χ3n) is 3.15. The van der Waals surface area contributed by atoms with Crippen molar-refractivity contribution in [2.75, 3.05) is 20.1 Å². The molecule has 1 N–H and O–H groups in total. The Morgan fingerprint density at radius 1 is 1.47 bits per heavy atom. The number of amides is 1. The van der Waals surface area contributed by atoms with Crippen molar-refractivity contribution < 1.29 is 4.79 Å². The minimum absolute atomic E-state index is 0.0527. The standard InChI is InChI=1S/C12H16BrN3O/c1-16(10-4-6-14-7-5-10)12(17)9-2-3-11(13)15-8-9/h2-3,8,10,14H,4-7H2,1H3. The van der Waals surface area contributed by atoms with E-state index < -0.39 is 0 Å². The highest BCUT2D eigenvalue weighted by Crippen LogP contribution is 2.14. The largest absolute Gasteiger partial charge is 0.339 e. The molecule has 5 heteroatoms. The smallest absolute Gasteiger partial charge is 0.255 e. The Kier molecular flexibility index (Phi) is 4.12. The molecule has 0 bridgehead atoms. The number of hydrogen-bond acceptors (Lipinski definition) is 3. The monoisotopic (exact) mass is 297 g/mol. The third-order valence-corrected chi connectivity index (χ3v) is 3.62. The molecule has 0 atom stereocenters. The van der Waals surface area contributed by atoms with Crippen molar-refractivity contribution >= 4 is 21.8 Å². The van der Waals surface area contributed by atoms with Gasteiger partial charge in [-0.25, -0.2) is 4.98 Å². The van der Waals surface area contributed by atoms with Crippen molar-refractivity contribution in [3.63, 3.8) is 0 Å². The van der Waals surface area contributed by atoms with Crippen molar-refractivity contribution in [3.8, 4) is 0 Å². The molecule has 0 aromatic carbocycles. The average molecular weight is 298 g/mol. The van der Waals surface area contributed by atoms with Gasteiger partial charge < -0.3 is 10.2 Å². The maximum absolute atomic E-state index is 12.2. The number of halogens is 1. The summed E-state index contributed by atoms with van der Waals surface area (Å²) in [5.41, 5.74) is 0.647. The number of rotatable bonds is 2. The fraction of sp³-hybridized carbons (Fsp3) is 0.500. The number of aromatic nitrogens is 1. The first-order valence-corrected chi connectivity index (χ1v) is 6.57. The van der Waals surface area contributed by atoms with Crippen molar-refractivity contribution in [3.05, 3.63) is 28.5 Å². The topological polar surface area (TPSA) is 45.2 Å². The summed E-state index contributed by atoms with van der Waals surface area (Å²) in [4.78, 5) is 18.1. The molecule has 0 unspecified atom stereocenters. The maximum Gasteiger partial charge on any atom is 0.255 e. The van der Waals surface area contributed by atoms with Gasteiger partial charge in [0.15, 0.2) is 0 Å². The van der Waals surface area contributed by atoms with E-state index in [1.807, 2.05) is 11.9 Å². The van der Waals surface area contributed by atoms with E-state index in [0.29, 0.717) is 11.6 Å². The number of carbonyl (C=O) groups excluding carboxylic acids is 1. The van der Waals surface area contributed by atoms with Crippen LogP contribution in [0.4, 0.5) is 0 Å². The molecular formula is C12H16BrN3O. The van der Waals surface area contributed by atoms with Crippen LogP contribution in [0.2, 0.25) is 0 Å². The van der Waals surface area contributed by atoms with E-state index in [2.05, 4.69) is 26.2 Å². The Bertz CT molecular complexity index is 387. The quantitative estimate of drug-likeness (QED) is 0.845. The fourth-order valence-corrected chi connectivity index (χ4v) is 2.30. The zero-order valence-corrected chi connectivity index (χ0v) is 11.4. The molecule has 0 spiro atoms. The predicted octanol–water partition coefficient (Wildman–Crippen LogP) is 1.67. The van der Waals surface area contributed by atoms with Crippen LogP contribution in [0.25, 0.3) is 0 Å². The highest BCUT2D eigenvalue weighted by molar-refractivity contribution is 9.10. The first kappa shape index (κ1) is 12.5. The summed E-state index contributed by atoms with van der Waals surface area (Å²) in [5, 5.41) is 3.30. The fourth-order valence-electron chi connectivity index (χ4n) is 2.07. The van der Waals surface area contributed by atoms with Crippen LogP contribution in [0, 0.1) is 0 Å². The Labute approximate surface area is 110 Å². The van der Waals surface area contributed by atoms with E-state index in [0.717, 1.165) is 30.5 Å². The Morgan fingerprint density at radius 2 is 2.18 bits per heavy atom. The third kappa shape index (κ3) is 3.04. The Morgan fingerprint density at radius 3 is 2.76 bits per heavy atom. The van der Waals surface area contributed by atoms with Crippen LogP contribution < -0.4 is 5.32 Å². The molecule has 1 fully saturated rings. The van der Waals surface area contributed by atoms with Gasteiger partial charge in [0.2, 0.25) is 0 Å². The van der Waals surface area contributed by atoms with Crippen LogP contribution in [0.15, 0.2) is 22.9 Å². The number of nitrogens with one attached hydrogen (secondary N) is 1. The highest BCUT2D eigenvalue weighted by Gasteiger charge is 2.22. The van der Waals surface area contributed by atoms with Crippen molar-refractivity contribution in [2.24, 2.45) is 0 Å². The molecule has 1 aliphatic rings. The summed E-state index contributed by atoms with van der Waals surface area (Å²) in [6.45, 7) is 1.97. The number of pyridine rings is 1. The lowest BCUT2D eigenvalue weighted by molar-refractivity contribution is 0.0703. The number of nitrogens with zero attached hydrogens (tertiary/aromatic N) is 2. The number of carbonyl (C=O) groups is 1. The molecule has 1 amide bonds. The van der Waals surface area contributed by atoms with Crippen LogP contribution >= 0.6 is 15.9 Å². The van der Waals surface area contributed by atoms with E-state index in [1.165, 1.54) is 0 Å². The Balaban J connectivity index is 2.05. The van der Waals surface area contributed by atoms with E-state index in [4.69, 9.17) is 0 Å². The molecule has 92 valence electrons. The molecule has 4 nitrogen and oxygen atoms in total. The molecule has 0 radical (unpaired) electrons. The Hall–Kier alpha value is -0.940. The zero-order valence-electron chi connectivity index (χ0n) is 9.82. The minimum Gasteiger partial charge on any atom is -0.339 e. The summed E-state index contributed by atoms with van der Waals surface area (Å²) in [6.07, 6.45) is 3.66. The van der Waals surface area contributed by atoms with Gasteiger partial charge >= 0.3 is 0 Å². The molecule has 0 saturated carbocycles. The predicted molar refractivity (Wildman–Crippen MR) is 69.9 cm³/mol. The molecule has 1 aromatic rings. The molecular weight excluding hydrogens is 282 g/mol. The van der Waals surface area contributed by atoms with Crippen molar-refractivity contribution in [1.29, 1.82) is 0 Å². The second kappa shape index (κ2) is 5.60. The molecule has 17 heavy (non-hydrogen) atoms. The second-order valence-corrected chi connectivity index (χ2v) is 5.08. The lowest BCUT2D eigenvalue weighted by atomic mass is 10.0. The van der Waals surface area contributed by atoms with Gasteiger partial charge in [-0.1, -0.05) is 0 Å². The van der Waals surface area contributed by atoms with Gasteiger partial charge in [-0.2, -0.15) is 0 Å². The van der Waals surface area contributed by atoms with E-state index in [9.17, 15) is 4.79 Å².